The molecule has 37 heavy (non-hydrogen) atoms. The molecule has 204 valence electrons. The molecule has 2 rings (SSSR count). The quantitative estimate of drug-likeness (QED) is 0.259. The highest BCUT2D eigenvalue weighted by molar-refractivity contribution is 5.89. The maximum atomic E-state index is 13.7. The van der Waals surface area contributed by atoms with Crippen molar-refractivity contribution < 1.29 is 23.9 Å². The number of hydrogen-bond acceptors (Lipinski definition) is 7. The molecular formula is C26H40N6O5. The molecule has 11 nitrogen and oxygen atoms in total. The van der Waals surface area contributed by atoms with Crippen LogP contribution in [0.25, 0.3) is 10.9 Å². The summed E-state index contributed by atoms with van der Waals surface area (Å²) in [5.74, 6) is -0.705. The largest absolute Gasteiger partial charge is 0.351 e. The van der Waals surface area contributed by atoms with E-state index in [4.69, 9.17) is 9.47 Å². The first kappa shape index (κ1) is 29.9. The Morgan fingerprint density at radius 1 is 1.03 bits per heavy atom. The predicted molar refractivity (Wildman–Crippen MR) is 141 cm³/mol. The minimum absolute atomic E-state index is 0.127. The average Bonchev–Trinajstić information content (AvgIpc) is 2.86. The van der Waals surface area contributed by atoms with Crippen LogP contribution >= 0.6 is 0 Å². The summed E-state index contributed by atoms with van der Waals surface area (Å²) in [5, 5.41) is 7.64. The van der Waals surface area contributed by atoms with Crippen LogP contribution in [0.3, 0.4) is 0 Å². The Balaban J connectivity index is 2.23. The van der Waals surface area contributed by atoms with E-state index in [1.165, 1.54) is 5.01 Å². The Hall–Kier alpha value is -3.28. The van der Waals surface area contributed by atoms with Crippen LogP contribution in [0.2, 0.25) is 0 Å². The van der Waals surface area contributed by atoms with Gasteiger partial charge in [0.25, 0.3) is 0 Å². The summed E-state index contributed by atoms with van der Waals surface area (Å²) in [6.07, 6.45) is 1.08. The van der Waals surface area contributed by atoms with Gasteiger partial charge in [-0.15, -0.1) is 0 Å². The van der Waals surface area contributed by atoms with Crippen LogP contribution in [0.1, 0.15) is 40.2 Å². The van der Waals surface area contributed by atoms with Crippen molar-refractivity contribution in [3.63, 3.8) is 0 Å². The zero-order valence-electron chi connectivity index (χ0n) is 22.6. The minimum atomic E-state index is -0.834. The second-order valence-corrected chi connectivity index (χ2v) is 8.59. The van der Waals surface area contributed by atoms with E-state index in [0.29, 0.717) is 19.8 Å². The third-order valence-electron chi connectivity index (χ3n) is 5.65. The van der Waals surface area contributed by atoms with Gasteiger partial charge in [0, 0.05) is 44.9 Å². The van der Waals surface area contributed by atoms with E-state index in [9.17, 15) is 14.4 Å². The van der Waals surface area contributed by atoms with Crippen LogP contribution in [-0.4, -0.2) is 84.5 Å². The summed E-state index contributed by atoms with van der Waals surface area (Å²) >= 11 is 0. The lowest BCUT2D eigenvalue weighted by molar-refractivity contribution is -0.179. The standard InChI is InChI=1S/C26H40N6O5/c1-7-27-26(35)30-31(6)17-22(33)29-18(4)24(34)32(19(5)25(36-8-2)37-9-3)16-21-13-10-12-20-14-11-15-28-23(20)21/h10-15,18-19,25H,7-9,16-17H2,1-6H3,(H,29,33)(H2,27,30,35)/t18-,19-/m0/s1. The molecule has 11 heteroatoms. The van der Waals surface area contributed by atoms with E-state index in [1.54, 1.807) is 32.0 Å². The summed E-state index contributed by atoms with van der Waals surface area (Å²) in [5.41, 5.74) is 4.20. The number of benzene rings is 1. The molecule has 4 amide bonds. The van der Waals surface area contributed by atoms with E-state index < -0.39 is 30.3 Å². The van der Waals surface area contributed by atoms with Gasteiger partial charge in [0.1, 0.15) is 6.04 Å². The van der Waals surface area contributed by atoms with Gasteiger partial charge in [0.2, 0.25) is 11.8 Å². The number of aromatic nitrogens is 1. The molecule has 0 fully saturated rings. The number of fused-ring (bicyclic) bond motifs is 1. The van der Waals surface area contributed by atoms with Crippen LogP contribution in [0.5, 0.6) is 0 Å². The molecule has 1 aromatic carbocycles. The maximum Gasteiger partial charge on any atom is 0.329 e. The van der Waals surface area contributed by atoms with Crippen LogP contribution in [0.15, 0.2) is 36.5 Å². The second kappa shape index (κ2) is 15.1. The van der Waals surface area contributed by atoms with Crippen LogP contribution < -0.4 is 16.1 Å². The fourth-order valence-corrected chi connectivity index (χ4v) is 3.93. The summed E-state index contributed by atoms with van der Waals surface area (Å²) in [6.45, 7) is 10.5. The molecular weight excluding hydrogens is 476 g/mol. The third kappa shape index (κ3) is 8.96. The van der Waals surface area contributed by atoms with Gasteiger partial charge in [0.15, 0.2) is 6.29 Å². The van der Waals surface area contributed by atoms with Gasteiger partial charge < -0.3 is 25.0 Å². The van der Waals surface area contributed by atoms with E-state index in [1.807, 2.05) is 51.1 Å². The van der Waals surface area contributed by atoms with Crippen molar-refractivity contribution in [2.45, 2.75) is 59.5 Å². The molecule has 0 radical (unpaired) electrons. The number of urea groups is 1. The molecule has 3 N–H and O–H groups in total. The number of nitrogens with zero attached hydrogens (tertiary/aromatic N) is 3. The van der Waals surface area contributed by atoms with Crippen molar-refractivity contribution in [2.24, 2.45) is 0 Å². The number of likely N-dealkylation sites (N-methyl/N-ethyl adjacent to an activating group) is 1. The van der Waals surface area contributed by atoms with Gasteiger partial charge in [-0.05, 0) is 46.2 Å². The average molecular weight is 517 g/mol. The Labute approximate surface area is 218 Å². The first-order valence-corrected chi connectivity index (χ1v) is 12.6. The molecule has 0 aliphatic carbocycles. The van der Waals surface area contributed by atoms with Crippen molar-refractivity contribution >= 4 is 28.7 Å². The molecule has 0 saturated heterocycles. The molecule has 0 bridgehead atoms. The van der Waals surface area contributed by atoms with Crippen molar-refractivity contribution in [1.29, 1.82) is 0 Å². The predicted octanol–water partition coefficient (Wildman–Crippen LogP) is 2.02. The van der Waals surface area contributed by atoms with E-state index in [2.05, 4.69) is 21.0 Å². The highest BCUT2D eigenvalue weighted by atomic mass is 16.7. The number of hydrazine groups is 1. The number of nitrogens with one attached hydrogen (secondary N) is 3. The topological polar surface area (TPSA) is 125 Å². The molecule has 0 spiro atoms. The van der Waals surface area contributed by atoms with Gasteiger partial charge in [-0.3, -0.25) is 20.0 Å². The molecule has 1 heterocycles. The zero-order chi connectivity index (χ0) is 27.4. The first-order valence-electron chi connectivity index (χ1n) is 12.6. The van der Waals surface area contributed by atoms with Crippen LogP contribution in [0, 0.1) is 0 Å². The van der Waals surface area contributed by atoms with Gasteiger partial charge in [0.05, 0.1) is 18.1 Å². The molecule has 0 unspecified atom stereocenters. The Bertz CT molecular complexity index is 1020. The lowest BCUT2D eigenvalue weighted by Crippen LogP contribution is -2.55. The smallest absolute Gasteiger partial charge is 0.329 e. The second-order valence-electron chi connectivity index (χ2n) is 8.59. The van der Waals surface area contributed by atoms with Gasteiger partial charge in [-0.1, -0.05) is 24.3 Å². The lowest BCUT2D eigenvalue weighted by Gasteiger charge is -2.36. The van der Waals surface area contributed by atoms with E-state index in [-0.39, 0.29) is 19.0 Å². The third-order valence-corrected chi connectivity index (χ3v) is 5.65. The van der Waals surface area contributed by atoms with Crippen LogP contribution in [-0.2, 0) is 25.6 Å². The van der Waals surface area contributed by atoms with E-state index >= 15 is 0 Å². The minimum Gasteiger partial charge on any atom is -0.351 e. The maximum absolute atomic E-state index is 13.7. The Morgan fingerprint density at radius 2 is 1.70 bits per heavy atom. The summed E-state index contributed by atoms with van der Waals surface area (Å²) in [6, 6.07) is 7.98. The van der Waals surface area contributed by atoms with E-state index in [0.717, 1.165) is 16.5 Å². The number of ether oxygens (including phenoxy) is 2. The summed E-state index contributed by atoms with van der Waals surface area (Å²) in [7, 11) is 1.57. The van der Waals surface area contributed by atoms with Gasteiger partial charge in [-0.25, -0.2) is 9.80 Å². The number of para-hydroxylation sites is 1. The summed E-state index contributed by atoms with van der Waals surface area (Å²) < 4.78 is 11.6. The van der Waals surface area contributed by atoms with Crippen molar-refractivity contribution in [1.82, 2.24) is 31.0 Å². The van der Waals surface area contributed by atoms with Crippen molar-refractivity contribution in [2.75, 3.05) is 33.4 Å². The number of carbonyl (C=O) groups is 3. The Morgan fingerprint density at radius 3 is 2.35 bits per heavy atom. The monoisotopic (exact) mass is 516 g/mol. The van der Waals surface area contributed by atoms with Crippen LogP contribution in [0.4, 0.5) is 4.79 Å². The SMILES string of the molecule is CCNC(=O)NN(C)CC(=O)N[C@@H](C)C(=O)N(Cc1cccc2cccnc12)[C@@H](C)C(OCC)OCC. The van der Waals surface area contributed by atoms with Gasteiger partial charge >= 0.3 is 6.03 Å². The zero-order valence-corrected chi connectivity index (χ0v) is 22.6. The first-order chi connectivity index (χ1) is 17.7. The summed E-state index contributed by atoms with van der Waals surface area (Å²) in [4.78, 5) is 44.2. The fourth-order valence-electron chi connectivity index (χ4n) is 3.93. The van der Waals surface area contributed by atoms with Crippen molar-refractivity contribution in [3.05, 3.63) is 42.1 Å². The number of amides is 4. The molecule has 0 saturated carbocycles. The lowest BCUT2D eigenvalue weighted by atomic mass is 10.1. The van der Waals surface area contributed by atoms with Gasteiger partial charge in [-0.2, -0.15) is 0 Å². The molecule has 0 aliphatic heterocycles. The molecule has 2 atom stereocenters. The molecule has 2 aromatic rings. The Kier molecular flexibility index (Phi) is 12.2. The normalized spacial score (nSPS) is 12.9. The number of carbonyl (C=O) groups excluding carboxylic acids is 3. The highest BCUT2D eigenvalue weighted by Crippen LogP contribution is 2.21. The molecule has 0 aliphatic rings. The van der Waals surface area contributed by atoms with Crippen molar-refractivity contribution in [3.8, 4) is 0 Å². The number of hydrogen-bond donors (Lipinski definition) is 3. The fraction of sp³-hybridized carbons (Fsp3) is 0.538. The highest BCUT2D eigenvalue weighted by Gasteiger charge is 2.32. The number of pyridine rings is 1. The number of rotatable bonds is 14. The molecule has 1 aromatic heterocycles.